The molecule has 1 heterocycles. The van der Waals surface area contributed by atoms with E-state index in [0.717, 1.165) is 36.1 Å². The topological polar surface area (TPSA) is 71.3 Å². The Labute approximate surface area is 176 Å². The van der Waals surface area contributed by atoms with Crippen LogP contribution < -0.4 is 10.6 Å². The summed E-state index contributed by atoms with van der Waals surface area (Å²) in [6.07, 6.45) is -0.0276. The number of halogens is 3. The van der Waals surface area contributed by atoms with Crippen LogP contribution in [-0.4, -0.2) is 11.8 Å². The van der Waals surface area contributed by atoms with Gasteiger partial charge in [0.05, 0.1) is 29.0 Å². The van der Waals surface area contributed by atoms with Crippen molar-refractivity contribution < 1.29 is 27.2 Å². The molecule has 2 aromatic carbocycles. The molecule has 0 bridgehead atoms. The summed E-state index contributed by atoms with van der Waals surface area (Å²) < 4.78 is 45.9. The fourth-order valence-corrected chi connectivity index (χ4v) is 3.81. The van der Waals surface area contributed by atoms with Crippen LogP contribution >= 0.6 is 0 Å². The number of aryl methyl sites for hydroxylation is 1. The monoisotopic (exact) mass is 428 g/mol. The molecule has 1 aromatic heterocycles. The minimum absolute atomic E-state index is 0.0421. The van der Waals surface area contributed by atoms with Gasteiger partial charge in [-0.05, 0) is 54.7 Å². The molecule has 0 radical (unpaired) electrons. The number of alkyl halides is 3. The van der Waals surface area contributed by atoms with Crippen molar-refractivity contribution >= 4 is 23.2 Å². The van der Waals surface area contributed by atoms with Crippen molar-refractivity contribution in [1.82, 2.24) is 0 Å². The summed E-state index contributed by atoms with van der Waals surface area (Å²) in [5.74, 6) is -1.59. The Morgan fingerprint density at radius 2 is 1.84 bits per heavy atom. The number of nitrogens with one attached hydrogen (secondary N) is 2. The van der Waals surface area contributed by atoms with E-state index in [2.05, 4.69) is 10.6 Å². The molecule has 2 amide bonds. The standard InChI is InChI=1S/C23H19F3N2O3/c24-23(25,26)19-12-16(27-21(29)15-10-11-31-13-15)8-9-20(19)28-22(30)18-7-3-5-14-4-1-2-6-17(14)18/h1-2,4,6,8-13,18H,3,5,7H2,(H,27,29)(H,28,30). The molecule has 0 spiro atoms. The number of carbonyl (C=O) groups excluding carboxylic acids is 2. The SMILES string of the molecule is O=C(Nc1ccc(NC(=O)C2CCCc3ccccc32)c(C(F)(F)F)c1)c1ccoc1. The molecular weight excluding hydrogens is 409 g/mol. The average Bonchev–Trinajstić information content (AvgIpc) is 3.29. The molecule has 31 heavy (non-hydrogen) atoms. The highest BCUT2D eigenvalue weighted by Crippen LogP contribution is 2.38. The number of rotatable bonds is 4. The van der Waals surface area contributed by atoms with Crippen LogP contribution in [0.4, 0.5) is 24.5 Å². The van der Waals surface area contributed by atoms with Gasteiger partial charge in [-0.15, -0.1) is 0 Å². The molecule has 3 aromatic rings. The van der Waals surface area contributed by atoms with Gasteiger partial charge in [0, 0.05) is 5.69 Å². The van der Waals surface area contributed by atoms with Gasteiger partial charge in [-0.25, -0.2) is 0 Å². The van der Waals surface area contributed by atoms with E-state index in [1.165, 1.54) is 24.7 Å². The summed E-state index contributed by atoms with van der Waals surface area (Å²) in [4.78, 5) is 25.0. The van der Waals surface area contributed by atoms with E-state index < -0.39 is 29.5 Å². The van der Waals surface area contributed by atoms with Crippen molar-refractivity contribution in [3.05, 3.63) is 83.3 Å². The lowest BCUT2D eigenvalue weighted by Crippen LogP contribution is -2.26. The third-order valence-electron chi connectivity index (χ3n) is 5.31. The highest BCUT2D eigenvalue weighted by atomic mass is 19.4. The van der Waals surface area contributed by atoms with Crippen LogP contribution in [0, 0.1) is 0 Å². The Kier molecular flexibility index (Phi) is 5.54. The van der Waals surface area contributed by atoms with Crippen molar-refractivity contribution in [3.63, 3.8) is 0 Å². The Morgan fingerprint density at radius 3 is 2.58 bits per heavy atom. The number of hydrogen-bond donors (Lipinski definition) is 2. The molecule has 1 aliphatic rings. The van der Waals surface area contributed by atoms with E-state index in [0.29, 0.717) is 6.42 Å². The smallest absolute Gasteiger partial charge is 0.418 e. The second kappa shape index (κ2) is 8.29. The summed E-state index contributed by atoms with van der Waals surface area (Å²) in [6.45, 7) is 0. The van der Waals surface area contributed by atoms with Crippen molar-refractivity contribution in [1.29, 1.82) is 0 Å². The molecule has 4 rings (SSSR count). The van der Waals surface area contributed by atoms with E-state index in [9.17, 15) is 22.8 Å². The average molecular weight is 428 g/mol. The molecular formula is C23H19F3N2O3. The minimum Gasteiger partial charge on any atom is -0.472 e. The van der Waals surface area contributed by atoms with Crippen LogP contribution in [0.5, 0.6) is 0 Å². The highest BCUT2D eigenvalue weighted by molar-refractivity contribution is 6.04. The van der Waals surface area contributed by atoms with Crippen molar-refractivity contribution in [2.24, 2.45) is 0 Å². The summed E-state index contributed by atoms with van der Waals surface area (Å²) in [5, 5.41) is 4.85. The van der Waals surface area contributed by atoms with Crippen molar-refractivity contribution in [3.8, 4) is 0 Å². The number of benzene rings is 2. The van der Waals surface area contributed by atoms with Gasteiger partial charge in [0.1, 0.15) is 6.26 Å². The Bertz CT molecular complexity index is 1110. The Hall–Kier alpha value is -3.55. The van der Waals surface area contributed by atoms with Gasteiger partial charge >= 0.3 is 6.18 Å². The largest absolute Gasteiger partial charge is 0.472 e. The number of furan rings is 1. The number of anilines is 2. The third kappa shape index (κ3) is 4.47. The van der Waals surface area contributed by atoms with Crippen molar-refractivity contribution in [2.45, 2.75) is 31.4 Å². The van der Waals surface area contributed by atoms with E-state index in [-0.39, 0.29) is 16.9 Å². The zero-order chi connectivity index (χ0) is 22.0. The Balaban J connectivity index is 1.58. The molecule has 0 fully saturated rings. The van der Waals surface area contributed by atoms with Gasteiger partial charge in [-0.2, -0.15) is 13.2 Å². The molecule has 0 aliphatic heterocycles. The normalized spacial score (nSPS) is 15.8. The molecule has 1 aliphatic carbocycles. The van der Waals surface area contributed by atoms with Gasteiger partial charge in [-0.3, -0.25) is 9.59 Å². The maximum Gasteiger partial charge on any atom is 0.418 e. The lowest BCUT2D eigenvalue weighted by atomic mass is 9.82. The lowest BCUT2D eigenvalue weighted by Gasteiger charge is -2.25. The lowest BCUT2D eigenvalue weighted by molar-refractivity contribution is -0.136. The molecule has 0 saturated carbocycles. The first kappa shape index (κ1) is 20.7. The Morgan fingerprint density at radius 1 is 1.03 bits per heavy atom. The highest BCUT2D eigenvalue weighted by Gasteiger charge is 2.35. The summed E-state index contributed by atoms with van der Waals surface area (Å²) in [5.41, 5.74) is 0.657. The predicted molar refractivity (Wildman–Crippen MR) is 109 cm³/mol. The van der Waals surface area contributed by atoms with Gasteiger partial charge in [0.2, 0.25) is 5.91 Å². The van der Waals surface area contributed by atoms with E-state index in [4.69, 9.17) is 4.42 Å². The zero-order valence-electron chi connectivity index (χ0n) is 16.3. The predicted octanol–water partition coefficient (Wildman–Crippen LogP) is 5.61. The molecule has 8 heteroatoms. The number of amides is 2. The molecule has 2 N–H and O–H groups in total. The fourth-order valence-electron chi connectivity index (χ4n) is 3.81. The fraction of sp³-hybridized carbons (Fsp3) is 0.217. The molecule has 160 valence electrons. The van der Waals surface area contributed by atoms with Gasteiger partial charge in [-0.1, -0.05) is 24.3 Å². The minimum atomic E-state index is -4.72. The quantitative estimate of drug-likeness (QED) is 0.568. The van der Waals surface area contributed by atoms with E-state index >= 15 is 0 Å². The number of hydrogen-bond acceptors (Lipinski definition) is 3. The van der Waals surface area contributed by atoms with Crippen molar-refractivity contribution in [2.75, 3.05) is 10.6 Å². The molecule has 0 saturated heterocycles. The molecule has 1 atom stereocenters. The second-order valence-electron chi connectivity index (χ2n) is 7.36. The van der Waals surface area contributed by atoms with Crippen LogP contribution in [0.15, 0.2) is 65.5 Å². The summed E-state index contributed by atoms with van der Waals surface area (Å²) in [7, 11) is 0. The first-order valence-electron chi connectivity index (χ1n) is 9.76. The van der Waals surface area contributed by atoms with Crippen LogP contribution in [0.2, 0.25) is 0 Å². The summed E-state index contributed by atoms with van der Waals surface area (Å²) in [6, 6.07) is 12.2. The van der Waals surface area contributed by atoms with Gasteiger partial charge in [0.25, 0.3) is 5.91 Å². The van der Waals surface area contributed by atoms with Gasteiger partial charge < -0.3 is 15.1 Å². The number of carbonyl (C=O) groups is 2. The van der Waals surface area contributed by atoms with Gasteiger partial charge in [0.15, 0.2) is 0 Å². The number of fused-ring (bicyclic) bond motifs is 1. The van der Waals surface area contributed by atoms with Crippen LogP contribution in [0.3, 0.4) is 0 Å². The summed E-state index contributed by atoms with van der Waals surface area (Å²) >= 11 is 0. The first-order valence-corrected chi connectivity index (χ1v) is 9.76. The third-order valence-corrected chi connectivity index (χ3v) is 5.31. The van der Waals surface area contributed by atoms with Crippen LogP contribution in [-0.2, 0) is 17.4 Å². The van der Waals surface area contributed by atoms with E-state index in [1.54, 1.807) is 0 Å². The second-order valence-corrected chi connectivity index (χ2v) is 7.36. The molecule has 1 unspecified atom stereocenters. The van der Waals surface area contributed by atoms with Crippen LogP contribution in [0.1, 0.15) is 45.8 Å². The first-order chi connectivity index (χ1) is 14.8. The van der Waals surface area contributed by atoms with E-state index in [1.807, 2.05) is 24.3 Å². The van der Waals surface area contributed by atoms with Crippen LogP contribution in [0.25, 0.3) is 0 Å². The molecule has 5 nitrogen and oxygen atoms in total. The zero-order valence-corrected chi connectivity index (χ0v) is 16.3. The maximum atomic E-state index is 13.7. The maximum absolute atomic E-state index is 13.7.